The Hall–Kier alpha value is -2.26. The zero-order valence-corrected chi connectivity index (χ0v) is 24.9. The van der Waals surface area contributed by atoms with Crippen LogP contribution in [-0.2, 0) is 24.6 Å². The van der Waals surface area contributed by atoms with Gasteiger partial charge in [-0.3, -0.25) is 0 Å². The average Bonchev–Trinajstić information content (AvgIpc) is 2.97. The van der Waals surface area contributed by atoms with E-state index in [9.17, 15) is 0 Å². The predicted molar refractivity (Wildman–Crippen MR) is 172 cm³/mol. The Balaban J connectivity index is 1.67. The van der Waals surface area contributed by atoms with Gasteiger partial charge in [0.1, 0.15) is 0 Å². The third-order valence-electron chi connectivity index (χ3n) is 7.32. The minimum atomic E-state index is -0.204. The zero-order chi connectivity index (χ0) is 26.3. The normalized spacial score (nSPS) is 11.5. The fourth-order valence-corrected chi connectivity index (χ4v) is 13.0. The van der Waals surface area contributed by atoms with Crippen LogP contribution in [0, 0.1) is 0 Å². The summed E-state index contributed by atoms with van der Waals surface area (Å²) >= 11 is 0. The third kappa shape index (κ3) is 9.80. The maximum absolute atomic E-state index is 2.36. The summed E-state index contributed by atoms with van der Waals surface area (Å²) in [4.78, 5) is 0. The molecule has 0 amide bonds. The minimum absolute atomic E-state index is 0.204. The van der Waals surface area contributed by atoms with Crippen LogP contribution in [0.4, 0.5) is 0 Å². The van der Waals surface area contributed by atoms with Crippen LogP contribution in [-0.4, -0.2) is 5.40 Å². The quantitative estimate of drug-likeness (QED) is 0.0983. The summed E-state index contributed by atoms with van der Waals surface area (Å²) in [6, 6.07) is 45.3. The van der Waals surface area contributed by atoms with Gasteiger partial charge in [0.15, 0.2) is 0 Å². The largest absolute Gasteiger partial charge is 0.0901 e. The van der Waals surface area contributed by atoms with Gasteiger partial charge in [-0.1, -0.05) is 176 Å². The van der Waals surface area contributed by atoms with E-state index in [2.05, 4.69) is 128 Å². The Morgan fingerprint density at radius 3 is 1.05 bits per heavy atom. The molecule has 0 unspecified atom stereocenters. The van der Waals surface area contributed by atoms with E-state index in [-0.39, 0.29) is 15.8 Å². The molecule has 0 atom stereocenters. The summed E-state index contributed by atoms with van der Waals surface area (Å²) in [5.74, 6) is 0. The maximum Gasteiger partial charge on any atom is 0.000608 e. The van der Waals surface area contributed by atoms with E-state index in [4.69, 9.17) is 0 Å². The Morgan fingerprint density at radius 2 is 0.737 bits per heavy atom. The molecule has 4 aromatic carbocycles. The van der Waals surface area contributed by atoms with Gasteiger partial charge in [0, 0.05) is 5.40 Å². The van der Waals surface area contributed by atoms with Crippen molar-refractivity contribution in [1.29, 1.82) is 0 Å². The fourth-order valence-electron chi connectivity index (χ4n) is 5.33. The second-order valence-corrected chi connectivity index (χ2v) is 15.7. The van der Waals surface area contributed by atoms with Gasteiger partial charge in [0.2, 0.25) is 0 Å². The lowest BCUT2D eigenvalue weighted by Crippen LogP contribution is -2.11. The summed E-state index contributed by atoms with van der Waals surface area (Å²) in [5, 5.41) is 0.794. The number of hydrogen-bond acceptors (Lipinski definition) is 0. The fraction of sp³-hybridized carbons (Fsp3) is 0.333. The van der Waals surface area contributed by atoms with E-state index >= 15 is 0 Å². The first-order valence-corrected chi connectivity index (χ1v) is 18.0. The van der Waals surface area contributed by atoms with Gasteiger partial charge in [-0.05, 0) is 53.3 Å². The van der Waals surface area contributed by atoms with Crippen LogP contribution < -0.4 is 0 Å². The maximum atomic E-state index is 2.36. The van der Waals surface area contributed by atoms with Gasteiger partial charge in [0.25, 0.3) is 0 Å². The predicted octanol–water partition coefficient (Wildman–Crippen LogP) is 11.4. The third-order valence-corrected chi connectivity index (χ3v) is 14.6. The molecule has 0 spiro atoms. The van der Waals surface area contributed by atoms with Crippen LogP contribution in [0.3, 0.4) is 0 Å². The first-order chi connectivity index (χ1) is 18.8. The number of hydrogen-bond donors (Lipinski definition) is 0. The van der Waals surface area contributed by atoms with Gasteiger partial charge >= 0.3 is 0 Å². The molecule has 2 heteroatoms. The summed E-state index contributed by atoms with van der Waals surface area (Å²) < 4.78 is 0. The van der Waals surface area contributed by atoms with E-state index in [0.717, 1.165) is 5.40 Å². The van der Waals surface area contributed by atoms with Crippen molar-refractivity contribution >= 4 is 15.8 Å². The van der Waals surface area contributed by atoms with Crippen LogP contribution in [0.1, 0.15) is 67.7 Å². The second kappa shape index (κ2) is 16.6. The van der Waals surface area contributed by atoms with E-state index in [1.54, 1.807) is 0 Å². The van der Waals surface area contributed by atoms with Gasteiger partial charge in [0.05, 0.1) is 0 Å². The van der Waals surface area contributed by atoms with Crippen molar-refractivity contribution in [2.45, 2.75) is 75.5 Å². The Bertz CT molecular complexity index is 959. The molecule has 38 heavy (non-hydrogen) atoms. The van der Waals surface area contributed by atoms with Gasteiger partial charge in [-0.15, -0.1) is 0 Å². The SMILES string of the molecule is CCCCCCCC(P(Cc1ccccc1)Cc1ccccc1)P(Cc1ccccc1)Cc1ccccc1. The molecule has 4 aromatic rings. The van der Waals surface area contributed by atoms with E-state index in [1.807, 2.05) is 0 Å². The highest BCUT2D eigenvalue weighted by atomic mass is 31.2. The summed E-state index contributed by atoms with van der Waals surface area (Å²) in [5.41, 5.74) is 6.06. The van der Waals surface area contributed by atoms with Gasteiger partial charge in [-0.25, -0.2) is 0 Å². The highest BCUT2D eigenvalue weighted by Gasteiger charge is 2.29. The second-order valence-electron chi connectivity index (χ2n) is 10.4. The lowest BCUT2D eigenvalue weighted by atomic mass is 10.1. The molecular formula is C36H44P2. The van der Waals surface area contributed by atoms with Crippen LogP contribution in [0.25, 0.3) is 0 Å². The lowest BCUT2D eigenvalue weighted by Gasteiger charge is -2.36. The van der Waals surface area contributed by atoms with Crippen molar-refractivity contribution in [3.8, 4) is 0 Å². The number of unbranched alkanes of at least 4 members (excludes halogenated alkanes) is 4. The molecule has 0 N–H and O–H groups in total. The monoisotopic (exact) mass is 538 g/mol. The topological polar surface area (TPSA) is 0 Å². The molecule has 0 radical (unpaired) electrons. The molecule has 0 saturated heterocycles. The molecule has 0 aliphatic rings. The first-order valence-electron chi connectivity index (χ1n) is 14.5. The number of benzene rings is 4. The lowest BCUT2D eigenvalue weighted by molar-refractivity contribution is 0.619. The highest BCUT2D eigenvalue weighted by Crippen LogP contribution is 2.65. The standard InChI is InChI=1S/C36H44P2/c1-2-3-4-5-18-27-36(37(28-32-19-10-6-11-20-32)29-33-21-12-7-13-22-33)38(30-34-23-14-8-15-24-34)31-35-25-16-9-17-26-35/h6-17,19-26,36H,2-5,18,27-31H2,1H3. The van der Waals surface area contributed by atoms with Crippen molar-refractivity contribution in [1.82, 2.24) is 0 Å². The molecule has 0 heterocycles. The molecule has 0 saturated carbocycles. The van der Waals surface area contributed by atoms with Crippen molar-refractivity contribution in [3.63, 3.8) is 0 Å². The minimum Gasteiger partial charge on any atom is -0.0901 e. The van der Waals surface area contributed by atoms with Crippen molar-refractivity contribution in [3.05, 3.63) is 144 Å². The smallest absolute Gasteiger partial charge is 0.000608 e. The summed E-state index contributed by atoms with van der Waals surface area (Å²) in [7, 11) is -0.408. The molecule has 0 aromatic heterocycles. The van der Waals surface area contributed by atoms with Crippen molar-refractivity contribution in [2.75, 3.05) is 0 Å². The van der Waals surface area contributed by atoms with E-state index < -0.39 is 0 Å². The van der Waals surface area contributed by atoms with Crippen molar-refractivity contribution < 1.29 is 0 Å². The highest BCUT2D eigenvalue weighted by molar-refractivity contribution is 7.74. The first kappa shape index (κ1) is 28.7. The zero-order valence-electron chi connectivity index (χ0n) is 23.1. The molecule has 0 nitrogen and oxygen atoms in total. The Kier molecular flexibility index (Phi) is 12.6. The van der Waals surface area contributed by atoms with Gasteiger partial charge < -0.3 is 0 Å². The average molecular weight is 539 g/mol. The number of rotatable bonds is 16. The van der Waals surface area contributed by atoms with Crippen LogP contribution >= 0.6 is 15.8 Å². The molecule has 4 rings (SSSR count). The molecule has 0 aliphatic heterocycles. The van der Waals surface area contributed by atoms with Crippen LogP contribution in [0.5, 0.6) is 0 Å². The molecule has 0 bridgehead atoms. The molecule has 198 valence electrons. The molecular weight excluding hydrogens is 494 g/mol. The van der Waals surface area contributed by atoms with E-state index in [0.29, 0.717) is 0 Å². The van der Waals surface area contributed by atoms with Crippen LogP contribution in [0.2, 0.25) is 0 Å². The summed E-state index contributed by atoms with van der Waals surface area (Å²) in [6.45, 7) is 2.32. The van der Waals surface area contributed by atoms with Gasteiger partial charge in [-0.2, -0.15) is 0 Å². The van der Waals surface area contributed by atoms with Crippen molar-refractivity contribution in [2.24, 2.45) is 0 Å². The Labute approximate surface area is 234 Å². The Morgan fingerprint density at radius 1 is 0.421 bits per heavy atom. The van der Waals surface area contributed by atoms with Crippen LogP contribution in [0.15, 0.2) is 121 Å². The molecule has 0 aliphatic carbocycles. The summed E-state index contributed by atoms with van der Waals surface area (Å²) in [6.07, 6.45) is 13.1. The van der Waals surface area contributed by atoms with E-state index in [1.165, 1.54) is 85.4 Å². The molecule has 0 fully saturated rings.